The molecule has 0 spiro atoms. The number of piperidine rings is 1. The third kappa shape index (κ3) is 8.84. The van der Waals surface area contributed by atoms with E-state index in [0.717, 1.165) is 16.7 Å². The molecule has 1 saturated heterocycles. The SMILES string of the molecule is CCOC(=O)C1CCN(C(=O)c2ccc(-c3cccc(CN(C)C(=O)CNC(=O)OC(C)(C)C)c3)cc2)CC1. The molecule has 210 valence electrons. The predicted octanol–water partition coefficient (Wildman–Crippen LogP) is 4.25. The highest BCUT2D eigenvalue weighted by atomic mass is 16.6. The number of nitrogens with one attached hydrogen (secondary N) is 1. The van der Waals surface area contributed by atoms with E-state index < -0.39 is 11.7 Å². The highest BCUT2D eigenvalue weighted by Crippen LogP contribution is 2.24. The molecule has 0 aromatic heterocycles. The smallest absolute Gasteiger partial charge is 0.408 e. The molecule has 39 heavy (non-hydrogen) atoms. The van der Waals surface area contributed by atoms with Crippen LogP contribution in [0.4, 0.5) is 4.79 Å². The summed E-state index contributed by atoms with van der Waals surface area (Å²) in [6.45, 7) is 8.74. The maximum atomic E-state index is 13.0. The Kier molecular flexibility index (Phi) is 10.1. The summed E-state index contributed by atoms with van der Waals surface area (Å²) in [6, 6.07) is 15.3. The monoisotopic (exact) mass is 537 g/mol. The highest BCUT2D eigenvalue weighted by molar-refractivity contribution is 5.95. The van der Waals surface area contributed by atoms with E-state index in [0.29, 0.717) is 44.6 Å². The summed E-state index contributed by atoms with van der Waals surface area (Å²) in [7, 11) is 1.68. The Labute approximate surface area is 230 Å². The van der Waals surface area contributed by atoms with Gasteiger partial charge in [-0.25, -0.2) is 4.79 Å². The normalized spacial score (nSPS) is 13.9. The number of likely N-dealkylation sites (tertiary alicyclic amines) is 1. The number of hydrogen-bond donors (Lipinski definition) is 1. The van der Waals surface area contributed by atoms with Crippen LogP contribution in [0.2, 0.25) is 0 Å². The molecule has 1 aliphatic heterocycles. The molecule has 3 rings (SSSR count). The number of nitrogens with zero attached hydrogens (tertiary/aromatic N) is 2. The minimum absolute atomic E-state index is 0.0438. The minimum Gasteiger partial charge on any atom is -0.466 e. The number of likely N-dealkylation sites (N-methyl/N-ethyl adjacent to an activating group) is 1. The number of ether oxygens (including phenoxy) is 2. The molecule has 9 nitrogen and oxygen atoms in total. The van der Waals surface area contributed by atoms with Crippen LogP contribution >= 0.6 is 0 Å². The van der Waals surface area contributed by atoms with Gasteiger partial charge in [0.2, 0.25) is 5.91 Å². The van der Waals surface area contributed by atoms with Gasteiger partial charge in [-0.15, -0.1) is 0 Å². The molecule has 9 heteroatoms. The van der Waals surface area contributed by atoms with Crippen molar-refractivity contribution < 1.29 is 28.7 Å². The average molecular weight is 538 g/mol. The van der Waals surface area contributed by atoms with E-state index in [1.54, 1.807) is 44.5 Å². The Morgan fingerprint density at radius 2 is 1.67 bits per heavy atom. The molecule has 0 atom stereocenters. The number of amides is 3. The van der Waals surface area contributed by atoms with E-state index in [1.807, 2.05) is 48.5 Å². The number of esters is 1. The molecule has 1 N–H and O–H groups in total. The van der Waals surface area contributed by atoms with Gasteiger partial charge < -0.3 is 24.6 Å². The van der Waals surface area contributed by atoms with Crippen LogP contribution in [0.5, 0.6) is 0 Å². The van der Waals surface area contributed by atoms with Crippen LogP contribution in [0.15, 0.2) is 48.5 Å². The first-order valence-corrected chi connectivity index (χ1v) is 13.3. The van der Waals surface area contributed by atoms with Crippen molar-refractivity contribution in [2.24, 2.45) is 5.92 Å². The fourth-order valence-corrected chi connectivity index (χ4v) is 4.37. The van der Waals surface area contributed by atoms with Gasteiger partial charge in [0, 0.05) is 32.2 Å². The maximum absolute atomic E-state index is 13.0. The van der Waals surface area contributed by atoms with Gasteiger partial charge in [-0.05, 0) is 75.4 Å². The second-order valence-corrected chi connectivity index (χ2v) is 10.7. The van der Waals surface area contributed by atoms with Gasteiger partial charge in [0.25, 0.3) is 5.91 Å². The zero-order valence-electron chi connectivity index (χ0n) is 23.5. The summed E-state index contributed by atoms with van der Waals surface area (Å²) in [5.74, 6) is -0.596. The minimum atomic E-state index is -0.631. The number of alkyl carbamates (subject to hydrolysis) is 1. The number of rotatable bonds is 8. The van der Waals surface area contributed by atoms with Crippen molar-refractivity contribution in [3.05, 3.63) is 59.7 Å². The first kappa shape index (κ1) is 29.7. The first-order chi connectivity index (χ1) is 18.5. The standard InChI is InChI=1S/C30H39N3O6/c1-6-38-28(36)24-14-16-33(17-15-24)27(35)23-12-10-22(11-13-23)25-9-7-8-21(18-25)20-32(5)26(34)19-31-29(37)39-30(2,3)4/h7-13,18,24H,6,14-17,19-20H2,1-5H3,(H,31,37). The fourth-order valence-electron chi connectivity index (χ4n) is 4.37. The third-order valence-electron chi connectivity index (χ3n) is 6.42. The molecule has 1 aliphatic rings. The van der Waals surface area contributed by atoms with Crippen molar-refractivity contribution in [1.82, 2.24) is 15.1 Å². The van der Waals surface area contributed by atoms with Crippen molar-refractivity contribution in [3.8, 4) is 11.1 Å². The van der Waals surface area contributed by atoms with Gasteiger partial charge in [0.15, 0.2) is 0 Å². The molecule has 0 aliphatic carbocycles. The molecule has 0 bridgehead atoms. The number of carbonyl (C=O) groups is 4. The van der Waals surface area contributed by atoms with Gasteiger partial charge >= 0.3 is 12.1 Å². The molecule has 0 unspecified atom stereocenters. The van der Waals surface area contributed by atoms with Gasteiger partial charge in [-0.3, -0.25) is 14.4 Å². The zero-order valence-corrected chi connectivity index (χ0v) is 23.5. The lowest BCUT2D eigenvalue weighted by molar-refractivity contribution is -0.149. The summed E-state index contributed by atoms with van der Waals surface area (Å²) in [5, 5.41) is 2.49. The van der Waals surface area contributed by atoms with Crippen LogP contribution in [0, 0.1) is 5.92 Å². The van der Waals surface area contributed by atoms with E-state index in [1.165, 1.54) is 0 Å². The summed E-state index contributed by atoms with van der Waals surface area (Å²) >= 11 is 0. The van der Waals surface area contributed by atoms with Crippen molar-refractivity contribution >= 4 is 23.9 Å². The third-order valence-corrected chi connectivity index (χ3v) is 6.42. The zero-order chi connectivity index (χ0) is 28.6. The van der Waals surface area contributed by atoms with E-state index in [-0.39, 0.29) is 30.2 Å². The Morgan fingerprint density at radius 3 is 2.28 bits per heavy atom. The van der Waals surface area contributed by atoms with Crippen molar-refractivity contribution in [2.75, 3.05) is 33.3 Å². The molecule has 2 aromatic rings. The molecule has 3 amide bonds. The van der Waals surface area contributed by atoms with Gasteiger partial charge in [-0.1, -0.05) is 30.3 Å². The number of benzene rings is 2. The highest BCUT2D eigenvalue weighted by Gasteiger charge is 2.28. The second kappa shape index (κ2) is 13.3. The van der Waals surface area contributed by atoms with Crippen LogP contribution in [0.25, 0.3) is 11.1 Å². The molecular formula is C30H39N3O6. The lowest BCUT2D eigenvalue weighted by Gasteiger charge is -2.31. The van der Waals surface area contributed by atoms with Gasteiger partial charge in [0.05, 0.1) is 12.5 Å². The van der Waals surface area contributed by atoms with Crippen molar-refractivity contribution in [1.29, 1.82) is 0 Å². The van der Waals surface area contributed by atoms with E-state index in [2.05, 4.69) is 5.32 Å². The Bertz CT molecular complexity index is 1160. The van der Waals surface area contributed by atoms with Gasteiger partial charge in [0.1, 0.15) is 12.1 Å². The first-order valence-electron chi connectivity index (χ1n) is 13.3. The van der Waals surface area contributed by atoms with Crippen molar-refractivity contribution in [3.63, 3.8) is 0 Å². The molecule has 2 aromatic carbocycles. The maximum Gasteiger partial charge on any atom is 0.408 e. The van der Waals surface area contributed by atoms with Crippen LogP contribution in [0.1, 0.15) is 56.5 Å². The lowest BCUT2D eigenvalue weighted by Crippen LogP contribution is -2.40. The second-order valence-electron chi connectivity index (χ2n) is 10.7. The Balaban J connectivity index is 1.55. The van der Waals surface area contributed by atoms with E-state index >= 15 is 0 Å². The molecule has 0 radical (unpaired) electrons. The Hall–Kier alpha value is -3.88. The average Bonchev–Trinajstić information content (AvgIpc) is 2.91. The van der Waals surface area contributed by atoms with Crippen LogP contribution in [-0.4, -0.2) is 72.6 Å². The number of hydrogen-bond acceptors (Lipinski definition) is 6. The molecule has 1 heterocycles. The summed E-state index contributed by atoms with van der Waals surface area (Å²) < 4.78 is 10.3. The largest absolute Gasteiger partial charge is 0.466 e. The molecule has 0 saturated carbocycles. The number of carbonyl (C=O) groups excluding carboxylic acids is 4. The summed E-state index contributed by atoms with van der Waals surface area (Å²) in [6.07, 6.45) is 0.599. The van der Waals surface area contributed by atoms with Crippen LogP contribution in [0.3, 0.4) is 0 Å². The van der Waals surface area contributed by atoms with Gasteiger partial charge in [-0.2, -0.15) is 0 Å². The lowest BCUT2D eigenvalue weighted by atomic mass is 9.96. The predicted molar refractivity (Wildman–Crippen MR) is 148 cm³/mol. The fraction of sp³-hybridized carbons (Fsp3) is 0.467. The summed E-state index contributed by atoms with van der Waals surface area (Å²) in [5.41, 5.74) is 2.83. The van der Waals surface area contributed by atoms with E-state index in [9.17, 15) is 19.2 Å². The van der Waals surface area contributed by atoms with E-state index in [4.69, 9.17) is 9.47 Å². The van der Waals surface area contributed by atoms with Crippen LogP contribution in [-0.2, 0) is 25.6 Å². The van der Waals surface area contributed by atoms with Crippen molar-refractivity contribution in [2.45, 2.75) is 52.7 Å². The molecule has 1 fully saturated rings. The van der Waals surface area contributed by atoms with Crippen LogP contribution < -0.4 is 5.32 Å². The Morgan fingerprint density at radius 1 is 1.00 bits per heavy atom. The molecular weight excluding hydrogens is 498 g/mol. The summed E-state index contributed by atoms with van der Waals surface area (Å²) in [4.78, 5) is 52.6. The quantitative estimate of drug-likeness (QED) is 0.505. The topological polar surface area (TPSA) is 105 Å².